The van der Waals surface area contributed by atoms with E-state index >= 15 is 0 Å². The molecule has 0 saturated carbocycles. The van der Waals surface area contributed by atoms with Gasteiger partial charge in [0.15, 0.2) is 5.78 Å². The minimum Gasteiger partial charge on any atom is -0.466 e. The van der Waals surface area contributed by atoms with Crippen molar-refractivity contribution in [3.63, 3.8) is 0 Å². The summed E-state index contributed by atoms with van der Waals surface area (Å²) in [5.74, 6) is -0.513. The zero-order chi connectivity index (χ0) is 14.4. The number of fused-ring (bicyclic) bond motifs is 1. The number of anilines is 1. The van der Waals surface area contributed by atoms with Crippen LogP contribution in [-0.2, 0) is 20.7 Å². The zero-order valence-electron chi connectivity index (χ0n) is 11.9. The van der Waals surface area contributed by atoms with Crippen LogP contribution in [0.4, 0.5) is 5.69 Å². The first kappa shape index (κ1) is 14.6. The Kier molecular flexibility index (Phi) is 5.16. The van der Waals surface area contributed by atoms with Gasteiger partial charge in [-0.25, -0.2) is 0 Å². The largest absolute Gasteiger partial charge is 0.466 e. The van der Waals surface area contributed by atoms with Gasteiger partial charge in [0, 0.05) is 12.2 Å². The Bertz CT molecular complexity index is 484. The van der Waals surface area contributed by atoms with Crippen LogP contribution >= 0.6 is 0 Å². The number of rotatable bonds is 5. The van der Waals surface area contributed by atoms with E-state index in [1.54, 1.807) is 6.92 Å². The molecule has 0 radical (unpaired) electrons. The normalized spacial score (nSPS) is 14.3. The SMILES string of the molecule is CCOC(=O)CC(=O)CN1CCCCc2ccccc21. The summed E-state index contributed by atoms with van der Waals surface area (Å²) in [7, 11) is 0. The zero-order valence-corrected chi connectivity index (χ0v) is 11.9. The van der Waals surface area contributed by atoms with E-state index in [2.05, 4.69) is 17.0 Å². The number of hydrogen-bond acceptors (Lipinski definition) is 4. The topological polar surface area (TPSA) is 46.6 Å². The van der Waals surface area contributed by atoms with Crippen molar-refractivity contribution in [2.75, 3.05) is 24.6 Å². The second-order valence-electron chi connectivity index (χ2n) is 5.03. The summed E-state index contributed by atoms with van der Waals surface area (Å²) < 4.78 is 4.82. The number of hydrogen-bond donors (Lipinski definition) is 0. The van der Waals surface area contributed by atoms with Crippen LogP contribution in [0.1, 0.15) is 31.7 Å². The van der Waals surface area contributed by atoms with Crippen LogP contribution in [0.15, 0.2) is 24.3 Å². The van der Waals surface area contributed by atoms with Crippen molar-refractivity contribution in [2.45, 2.75) is 32.6 Å². The summed E-state index contributed by atoms with van der Waals surface area (Å²) >= 11 is 0. The first-order valence-electron chi connectivity index (χ1n) is 7.21. The molecule has 0 amide bonds. The molecule has 108 valence electrons. The summed E-state index contributed by atoms with van der Waals surface area (Å²) in [5.41, 5.74) is 2.41. The summed E-state index contributed by atoms with van der Waals surface area (Å²) in [6.07, 6.45) is 3.13. The Morgan fingerprint density at radius 2 is 2.05 bits per heavy atom. The number of carbonyl (C=O) groups excluding carboxylic acids is 2. The molecule has 0 atom stereocenters. The average molecular weight is 275 g/mol. The van der Waals surface area contributed by atoms with Crippen LogP contribution in [0.25, 0.3) is 0 Å². The molecule has 1 aliphatic heterocycles. The van der Waals surface area contributed by atoms with Gasteiger partial charge in [-0.2, -0.15) is 0 Å². The molecule has 0 N–H and O–H groups in total. The molecule has 1 heterocycles. The summed E-state index contributed by atoms with van der Waals surface area (Å²) in [6, 6.07) is 8.19. The van der Waals surface area contributed by atoms with Crippen LogP contribution in [0.3, 0.4) is 0 Å². The maximum atomic E-state index is 12.0. The minimum atomic E-state index is -0.430. The standard InChI is InChI=1S/C16H21NO3/c1-2-20-16(19)11-14(18)12-17-10-6-5-8-13-7-3-4-9-15(13)17/h3-4,7,9H,2,5-6,8,10-12H2,1H3. The Hall–Kier alpha value is -1.84. The Labute approximate surface area is 119 Å². The van der Waals surface area contributed by atoms with Crippen molar-refractivity contribution in [3.05, 3.63) is 29.8 Å². The highest BCUT2D eigenvalue weighted by Crippen LogP contribution is 2.25. The first-order valence-corrected chi connectivity index (χ1v) is 7.21. The minimum absolute atomic E-state index is 0.0832. The van der Waals surface area contributed by atoms with Crippen molar-refractivity contribution in [3.8, 4) is 0 Å². The van der Waals surface area contributed by atoms with Gasteiger partial charge in [-0.15, -0.1) is 0 Å². The highest BCUT2D eigenvalue weighted by atomic mass is 16.5. The van der Waals surface area contributed by atoms with Gasteiger partial charge in [0.25, 0.3) is 0 Å². The third-order valence-corrected chi connectivity index (χ3v) is 3.47. The van der Waals surface area contributed by atoms with E-state index in [1.807, 2.05) is 12.1 Å². The van der Waals surface area contributed by atoms with E-state index in [0.717, 1.165) is 31.5 Å². The van der Waals surface area contributed by atoms with Gasteiger partial charge in [-0.1, -0.05) is 18.2 Å². The van der Waals surface area contributed by atoms with Crippen LogP contribution in [0.5, 0.6) is 0 Å². The summed E-state index contributed by atoms with van der Waals surface area (Å²) in [5, 5.41) is 0. The molecule has 1 aromatic rings. The van der Waals surface area contributed by atoms with E-state index in [-0.39, 0.29) is 18.7 Å². The predicted octanol–water partition coefficient (Wildman–Crippen LogP) is 2.35. The van der Waals surface area contributed by atoms with E-state index in [0.29, 0.717) is 6.61 Å². The van der Waals surface area contributed by atoms with Gasteiger partial charge in [-0.05, 0) is 37.8 Å². The van der Waals surface area contributed by atoms with Gasteiger partial charge in [0.1, 0.15) is 6.42 Å². The Balaban J connectivity index is 2.02. The van der Waals surface area contributed by atoms with Gasteiger partial charge in [-0.3, -0.25) is 9.59 Å². The van der Waals surface area contributed by atoms with E-state index in [9.17, 15) is 9.59 Å². The quantitative estimate of drug-likeness (QED) is 0.611. The lowest BCUT2D eigenvalue weighted by molar-refractivity contribution is -0.145. The highest BCUT2D eigenvalue weighted by molar-refractivity contribution is 5.97. The molecule has 20 heavy (non-hydrogen) atoms. The van der Waals surface area contributed by atoms with E-state index in [4.69, 9.17) is 4.74 Å². The second-order valence-corrected chi connectivity index (χ2v) is 5.03. The lowest BCUT2D eigenvalue weighted by Crippen LogP contribution is -2.31. The molecule has 0 aromatic heterocycles. The van der Waals surface area contributed by atoms with Crippen molar-refractivity contribution in [2.24, 2.45) is 0 Å². The van der Waals surface area contributed by atoms with Crippen molar-refractivity contribution in [1.29, 1.82) is 0 Å². The number of nitrogens with zero attached hydrogens (tertiary/aromatic N) is 1. The fourth-order valence-corrected chi connectivity index (χ4v) is 2.58. The van der Waals surface area contributed by atoms with Crippen molar-refractivity contribution < 1.29 is 14.3 Å². The van der Waals surface area contributed by atoms with Gasteiger partial charge < -0.3 is 9.64 Å². The number of esters is 1. The molecular formula is C16H21NO3. The second kappa shape index (κ2) is 7.08. The maximum Gasteiger partial charge on any atom is 0.313 e. The molecular weight excluding hydrogens is 254 g/mol. The monoisotopic (exact) mass is 275 g/mol. The number of ether oxygens (including phenoxy) is 1. The summed E-state index contributed by atoms with van der Waals surface area (Å²) in [4.78, 5) is 25.4. The van der Waals surface area contributed by atoms with Crippen LogP contribution in [0, 0.1) is 0 Å². The lowest BCUT2D eigenvalue weighted by Gasteiger charge is -2.24. The van der Waals surface area contributed by atoms with Crippen LogP contribution in [-0.4, -0.2) is 31.4 Å². The summed E-state index contributed by atoms with van der Waals surface area (Å²) in [6.45, 7) is 3.22. The Morgan fingerprint density at radius 1 is 1.25 bits per heavy atom. The molecule has 2 rings (SSSR count). The first-order chi connectivity index (χ1) is 9.70. The van der Waals surface area contributed by atoms with E-state index < -0.39 is 5.97 Å². The average Bonchev–Trinajstić information content (AvgIpc) is 2.62. The lowest BCUT2D eigenvalue weighted by atomic mass is 10.1. The number of benzene rings is 1. The highest BCUT2D eigenvalue weighted by Gasteiger charge is 2.19. The predicted molar refractivity (Wildman–Crippen MR) is 77.9 cm³/mol. The fourth-order valence-electron chi connectivity index (χ4n) is 2.58. The van der Waals surface area contributed by atoms with Crippen LogP contribution < -0.4 is 4.90 Å². The fraction of sp³-hybridized carbons (Fsp3) is 0.500. The molecule has 4 heteroatoms. The molecule has 0 bridgehead atoms. The number of para-hydroxylation sites is 1. The van der Waals surface area contributed by atoms with Crippen molar-refractivity contribution >= 4 is 17.4 Å². The number of aryl methyl sites for hydroxylation is 1. The Morgan fingerprint density at radius 3 is 2.85 bits per heavy atom. The molecule has 1 aliphatic rings. The molecule has 0 unspecified atom stereocenters. The van der Waals surface area contributed by atoms with Crippen LogP contribution in [0.2, 0.25) is 0 Å². The van der Waals surface area contributed by atoms with Crippen molar-refractivity contribution in [1.82, 2.24) is 0 Å². The van der Waals surface area contributed by atoms with Gasteiger partial charge in [0.05, 0.1) is 13.2 Å². The van der Waals surface area contributed by atoms with Gasteiger partial charge >= 0.3 is 5.97 Å². The maximum absolute atomic E-state index is 12.0. The molecule has 0 saturated heterocycles. The third-order valence-electron chi connectivity index (χ3n) is 3.47. The molecule has 0 spiro atoms. The third kappa shape index (κ3) is 3.83. The molecule has 0 fully saturated rings. The molecule has 1 aromatic carbocycles. The van der Waals surface area contributed by atoms with Gasteiger partial charge in [0.2, 0.25) is 0 Å². The smallest absolute Gasteiger partial charge is 0.313 e. The number of carbonyl (C=O) groups is 2. The van der Waals surface area contributed by atoms with E-state index in [1.165, 1.54) is 5.56 Å². The molecule has 4 nitrogen and oxygen atoms in total. The molecule has 0 aliphatic carbocycles. The number of Topliss-reactive ketones (excluding diaryl/α,β-unsaturated/α-hetero) is 1. The number of ketones is 1.